The quantitative estimate of drug-likeness (QED) is 0.601. The molecule has 0 fully saturated rings. The van der Waals surface area contributed by atoms with Crippen LogP contribution in [0.1, 0.15) is 67.9 Å². The Labute approximate surface area is 195 Å². The average Bonchev–Trinajstić information content (AvgIpc) is 2.82. The van der Waals surface area contributed by atoms with E-state index in [1.54, 1.807) is 30.9 Å². The molecule has 6 nitrogen and oxygen atoms in total. The first-order chi connectivity index (χ1) is 15.8. The van der Waals surface area contributed by atoms with E-state index in [4.69, 9.17) is 4.74 Å². The van der Waals surface area contributed by atoms with E-state index in [0.29, 0.717) is 16.8 Å². The van der Waals surface area contributed by atoms with E-state index in [-0.39, 0.29) is 43.3 Å². The topological polar surface area (TPSA) is 75.7 Å². The van der Waals surface area contributed by atoms with Gasteiger partial charge in [0.2, 0.25) is 5.91 Å². The lowest BCUT2D eigenvalue weighted by Gasteiger charge is -2.34. The number of carbonyl (C=O) groups excluding carboxylic acids is 3. The largest absolute Gasteiger partial charge is 0.463 e. The van der Waals surface area contributed by atoms with Crippen LogP contribution >= 0.6 is 0 Å². The van der Waals surface area contributed by atoms with Crippen LogP contribution in [0.2, 0.25) is 0 Å². The van der Waals surface area contributed by atoms with Gasteiger partial charge in [0.25, 0.3) is 5.91 Å². The van der Waals surface area contributed by atoms with Crippen LogP contribution < -0.4 is 5.32 Å². The van der Waals surface area contributed by atoms with Crippen LogP contribution in [0.15, 0.2) is 65.9 Å². The first-order valence-electron chi connectivity index (χ1n) is 11.5. The van der Waals surface area contributed by atoms with Crippen molar-refractivity contribution in [1.82, 2.24) is 10.2 Å². The second-order valence-electron chi connectivity index (χ2n) is 8.35. The molecule has 2 aromatic carbocycles. The van der Waals surface area contributed by atoms with Crippen molar-refractivity contribution in [2.75, 3.05) is 6.61 Å². The van der Waals surface area contributed by atoms with Crippen molar-refractivity contribution in [3.8, 4) is 0 Å². The first kappa shape index (κ1) is 24.2. The van der Waals surface area contributed by atoms with Crippen molar-refractivity contribution in [3.05, 3.63) is 82.6 Å². The van der Waals surface area contributed by atoms with Crippen molar-refractivity contribution in [1.29, 1.82) is 0 Å². The number of amides is 2. The summed E-state index contributed by atoms with van der Waals surface area (Å²) in [6.07, 6.45) is 1.03. The first-order valence-corrected chi connectivity index (χ1v) is 11.5. The minimum atomic E-state index is -0.400. The lowest BCUT2D eigenvalue weighted by atomic mass is 9.83. The van der Waals surface area contributed by atoms with E-state index in [1.807, 2.05) is 56.3 Å². The van der Waals surface area contributed by atoms with E-state index in [0.717, 1.165) is 17.5 Å². The Morgan fingerprint density at radius 3 is 2.52 bits per heavy atom. The summed E-state index contributed by atoms with van der Waals surface area (Å²) in [5, 5.41) is 2.96. The Kier molecular flexibility index (Phi) is 8.04. The van der Waals surface area contributed by atoms with E-state index in [9.17, 15) is 14.4 Å². The summed E-state index contributed by atoms with van der Waals surface area (Å²) < 4.78 is 5.35. The van der Waals surface area contributed by atoms with Gasteiger partial charge in [-0.3, -0.25) is 9.59 Å². The lowest BCUT2D eigenvalue weighted by Crippen LogP contribution is -2.38. The maximum Gasteiger partial charge on any atom is 0.336 e. The van der Waals surface area contributed by atoms with Gasteiger partial charge >= 0.3 is 5.97 Å². The van der Waals surface area contributed by atoms with Crippen LogP contribution in [-0.4, -0.2) is 35.3 Å². The van der Waals surface area contributed by atoms with Gasteiger partial charge in [0.1, 0.15) is 0 Å². The summed E-state index contributed by atoms with van der Waals surface area (Å²) in [6, 6.07) is 16.9. The average molecular weight is 449 g/mol. The standard InChI is InChI=1S/C27H32N2O4/c1-5-18(3)28-26(31)22-14-10-11-20(15-22)17-29-19(4)25(27(32)33-6-2)23(16-24(29)30)21-12-8-7-9-13-21/h7-15,18,23H,5-6,16-17H2,1-4H3,(H,28,31). The minimum absolute atomic E-state index is 0.0659. The molecule has 0 bridgehead atoms. The maximum absolute atomic E-state index is 13.2. The predicted octanol–water partition coefficient (Wildman–Crippen LogP) is 4.57. The molecule has 2 unspecified atom stereocenters. The van der Waals surface area contributed by atoms with Crippen LogP contribution in [0.5, 0.6) is 0 Å². The normalized spacial score (nSPS) is 17.0. The molecular formula is C27H32N2O4. The highest BCUT2D eigenvalue weighted by Crippen LogP contribution is 2.37. The number of hydrogen-bond donors (Lipinski definition) is 1. The Morgan fingerprint density at radius 1 is 1.12 bits per heavy atom. The Morgan fingerprint density at radius 2 is 1.85 bits per heavy atom. The second-order valence-corrected chi connectivity index (χ2v) is 8.35. The third-order valence-corrected chi connectivity index (χ3v) is 6.04. The molecule has 0 aliphatic carbocycles. The highest BCUT2D eigenvalue weighted by Gasteiger charge is 2.36. The zero-order valence-corrected chi connectivity index (χ0v) is 19.8. The summed E-state index contributed by atoms with van der Waals surface area (Å²) in [6.45, 7) is 8.08. The molecule has 0 radical (unpaired) electrons. The van der Waals surface area contributed by atoms with Gasteiger partial charge in [0, 0.05) is 29.6 Å². The van der Waals surface area contributed by atoms with Crippen molar-refractivity contribution < 1.29 is 19.1 Å². The third-order valence-electron chi connectivity index (χ3n) is 6.04. The number of esters is 1. The molecule has 2 aromatic rings. The number of ether oxygens (including phenoxy) is 1. The van der Waals surface area contributed by atoms with Crippen molar-refractivity contribution in [2.45, 2.75) is 59.0 Å². The van der Waals surface area contributed by atoms with Gasteiger partial charge in [-0.25, -0.2) is 4.79 Å². The monoisotopic (exact) mass is 448 g/mol. The number of carbonyl (C=O) groups is 3. The molecule has 1 aliphatic heterocycles. The molecule has 0 spiro atoms. The molecule has 1 N–H and O–H groups in total. The zero-order chi connectivity index (χ0) is 24.0. The maximum atomic E-state index is 13.2. The fourth-order valence-corrected chi connectivity index (χ4v) is 4.05. The Balaban J connectivity index is 1.92. The van der Waals surface area contributed by atoms with Crippen molar-refractivity contribution in [2.24, 2.45) is 0 Å². The second kappa shape index (κ2) is 10.9. The number of hydrogen-bond acceptors (Lipinski definition) is 4. The highest BCUT2D eigenvalue weighted by molar-refractivity contribution is 5.96. The molecule has 2 atom stereocenters. The van der Waals surface area contributed by atoms with Crippen LogP contribution in [0, 0.1) is 0 Å². The molecule has 0 aromatic heterocycles. The minimum Gasteiger partial charge on any atom is -0.463 e. The molecule has 0 saturated carbocycles. The fraction of sp³-hybridized carbons (Fsp3) is 0.370. The summed E-state index contributed by atoms with van der Waals surface area (Å²) in [4.78, 5) is 40.2. The van der Waals surface area contributed by atoms with Gasteiger partial charge in [0.05, 0.1) is 18.7 Å². The molecular weight excluding hydrogens is 416 g/mol. The molecule has 3 rings (SSSR count). The van der Waals surface area contributed by atoms with E-state index >= 15 is 0 Å². The Bertz CT molecular complexity index is 1050. The van der Waals surface area contributed by atoms with Crippen molar-refractivity contribution in [3.63, 3.8) is 0 Å². The summed E-state index contributed by atoms with van der Waals surface area (Å²) in [5.74, 6) is -0.951. The number of nitrogens with zero attached hydrogens (tertiary/aromatic N) is 1. The van der Waals surface area contributed by atoms with E-state index < -0.39 is 5.97 Å². The SMILES string of the molecule is CCOC(=O)C1=C(C)N(Cc2cccc(C(=O)NC(C)CC)c2)C(=O)CC1c1ccccc1. The smallest absolute Gasteiger partial charge is 0.336 e. The van der Waals surface area contributed by atoms with Crippen LogP contribution in [0.25, 0.3) is 0 Å². The Hall–Kier alpha value is -3.41. The number of nitrogens with one attached hydrogen (secondary N) is 1. The van der Waals surface area contributed by atoms with Gasteiger partial charge in [-0.2, -0.15) is 0 Å². The number of allylic oxidation sites excluding steroid dienone is 1. The predicted molar refractivity (Wildman–Crippen MR) is 127 cm³/mol. The van der Waals surface area contributed by atoms with Gasteiger partial charge in [-0.15, -0.1) is 0 Å². The van der Waals surface area contributed by atoms with Crippen molar-refractivity contribution >= 4 is 17.8 Å². The van der Waals surface area contributed by atoms with Crippen LogP contribution in [0.3, 0.4) is 0 Å². The molecule has 0 saturated heterocycles. The van der Waals surface area contributed by atoms with Gasteiger partial charge in [0.15, 0.2) is 0 Å². The molecule has 174 valence electrons. The molecule has 1 heterocycles. The molecule has 6 heteroatoms. The number of rotatable bonds is 8. The summed E-state index contributed by atoms with van der Waals surface area (Å²) in [5.41, 5.74) is 3.38. The third kappa shape index (κ3) is 5.69. The van der Waals surface area contributed by atoms with Gasteiger partial charge in [-0.05, 0) is 50.5 Å². The van der Waals surface area contributed by atoms with Gasteiger partial charge in [-0.1, -0.05) is 49.4 Å². The van der Waals surface area contributed by atoms with Gasteiger partial charge < -0.3 is 15.0 Å². The van der Waals surface area contributed by atoms with E-state index in [1.165, 1.54) is 0 Å². The lowest BCUT2D eigenvalue weighted by molar-refractivity contribution is -0.140. The van der Waals surface area contributed by atoms with Crippen LogP contribution in [0.4, 0.5) is 0 Å². The summed E-state index contributed by atoms with van der Waals surface area (Å²) in [7, 11) is 0. The molecule has 33 heavy (non-hydrogen) atoms. The summed E-state index contributed by atoms with van der Waals surface area (Å²) >= 11 is 0. The van der Waals surface area contributed by atoms with Crippen LogP contribution in [-0.2, 0) is 20.9 Å². The zero-order valence-electron chi connectivity index (χ0n) is 19.8. The molecule has 2 amide bonds. The highest BCUT2D eigenvalue weighted by atomic mass is 16.5. The fourth-order valence-electron chi connectivity index (χ4n) is 4.05. The number of benzene rings is 2. The molecule has 1 aliphatic rings. The van der Waals surface area contributed by atoms with E-state index in [2.05, 4.69) is 5.32 Å².